The van der Waals surface area contributed by atoms with Crippen molar-refractivity contribution in [2.75, 3.05) is 151 Å². The molecule has 15 heteroatoms. The lowest BCUT2D eigenvalue weighted by Gasteiger charge is -2.52. The summed E-state index contributed by atoms with van der Waals surface area (Å²) in [5, 5.41) is 0. The van der Waals surface area contributed by atoms with Crippen molar-refractivity contribution in [1.29, 1.82) is 0 Å². The van der Waals surface area contributed by atoms with E-state index in [-0.39, 0.29) is 5.54 Å². The van der Waals surface area contributed by atoms with Gasteiger partial charge in [-0.15, -0.1) is 0 Å². The van der Waals surface area contributed by atoms with E-state index in [2.05, 4.69) is 51.4 Å². The molecule has 9 rings (SSSR count). The monoisotopic (exact) mass is 730 g/mol. The minimum Gasteiger partial charge on any atom is -0.396 e. The van der Waals surface area contributed by atoms with Gasteiger partial charge in [0.2, 0.25) is 0 Å². The normalized spacial score (nSPS) is 22.9. The highest BCUT2D eigenvalue weighted by molar-refractivity contribution is 5.67. The zero-order valence-electron chi connectivity index (χ0n) is 31.3. The number of hydrogen-bond acceptors (Lipinski definition) is 15. The van der Waals surface area contributed by atoms with Crippen molar-refractivity contribution in [2.45, 2.75) is 30.5 Å². The number of nitrogen functional groups attached to an aromatic ring is 3. The molecule has 53 heavy (non-hydrogen) atoms. The first kappa shape index (κ1) is 37.3. The Morgan fingerprint density at radius 1 is 0.547 bits per heavy atom. The Bertz CT molecular complexity index is 1510. The molecule has 1 spiro atoms. The van der Waals surface area contributed by atoms with Crippen LogP contribution in [0.5, 0.6) is 0 Å². The second-order valence-corrected chi connectivity index (χ2v) is 14.9. The minimum atomic E-state index is 0.242. The van der Waals surface area contributed by atoms with Gasteiger partial charge in [-0.25, -0.2) is 0 Å². The Labute approximate surface area is 313 Å². The molecule has 9 heterocycles. The lowest BCUT2D eigenvalue weighted by atomic mass is 9.85. The van der Waals surface area contributed by atoms with E-state index in [9.17, 15) is 0 Å². The van der Waals surface area contributed by atoms with Gasteiger partial charge in [0.05, 0.1) is 91.2 Å². The van der Waals surface area contributed by atoms with E-state index in [1.807, 2.05) is 24.4 Å². The van der Waals surface area contributed by atoms with Gasteiger partial charge in [-0.3, -0.25) is 29.7 Å². The van der Waals surface area contributed by atoms with Crippen molar-refractivity contribution in [1.82, 2.24) is 29.7 Å². The summed E-state index contributed by atoms with van der Waals surface area (Å²) in [4.78, 5) is 26.7. The standard InChI is InChI=1S/C14H22N4O.2C12H18N4O/c1-17-6-7-18(13-2-5-16-10-12(13)15)11-14(17)3-8-19-9-4-14;2*13-11-7-14-2-1-12(11)16-5-3-15(4-6-16)10-8-17-9-10/h2,5,10H,3-4,6-9,11,15H2,1H3;2*1-2,7,10H,3-6,8-9,13H2. The van der Waals surface area contributed by atoms with Crippen molar-refractivity contribution in [3.63, 3.8) is 0 Å². The molecule has 6 saturated heterocycles. The predicted molar refractivity (Wildman–Crippen MR) is 210 cm³/mol. The van der Waals surface area contributed by atoms with Crippen LogP contribution in [0.3, 0.4) is 0 Å². The molecule has 6 N–H and O–H groups in total. The molecule has 0 saturated carbocycles. The van der Waals surface area contributed by atoms with Crippen LogP contribution in [0.4, 0.5) is 34.1 Å². The lowest BCUT2D eigenvalue weighted by molar-refractivity contribution is -0.0660. The highest BCUT2D eigenvalue weighted by atomic mass is 16.5. The van der Waals surface area contributed by atoms with Crippen LogP contribution in [0.15, 0.2) is 55.4 Å². The molecule has 6 fully saturated rings. The smallest absolute Gasteiger partial charge is 0.0738 e. The summed E-state index contributed by atoms with van der Waals surface area (Å²) in [6, 6.07) is 7.31. The van der Waals surface area contributed by atoms with Gasteiger partial charge < -0.3 is 46.1 Å². The number of nitrogens with two attached hydrogens (primary N) is 3. The van der Waals surface area contributed by atoms with E-state index >= 15 is 0 Å². The minimum absolute atomic E-state index is 0.242. The number of hydrogen-bond donors (Lipinski definition) is 3. The molecule has 0 radical (unpaired) electrons. The molecule has 0 unspecified atom stereocenters. The van der Waals surface area contributed by atoms with Crippen LogP contribution >= 0.6 is 0 Å². The number of pyridine rings is 3. The topological polar surface area (TPSA) is 164 Å². The third kappa shape index (κ3) is 8.88. The molecule has 0 atom stereocenters. The Kier molecular flexibility index (Phi) is 12.3. The van der Waals surface area contributed by atoms with E-state index in [0.717, 1.165) is 159 Å². The van der Waals surface area contributed by atoms with Crippen molar-refractivity contribution in [3.05, 3.63) is 55.4 Å². The quantitative estimate of drug-likeness (QED) is 0.344. The van der Waals surface area contributed by atoms with Crippen LogP contribution in [0, 0.1) is 0 Å². The van der Waals surface area contributed by atoms with Gasteiger partial charge in [0.1, 0.15) is 0 Å². The maximum absolute atomic E-state index is 6.06. The Morgan fingerprint density at radius 2 is 0.943 bits per heavy atom. The molecule has 6 aliphatic rings. The van der Waals surface area contributed by atoms with Crippen LogP contribution in [0.25, 0.3) is 0 Å². The fourth-order valence-electron chi connectivity index (χ4n) is 8.15. The summed E-state index contributed by atoms with van der Waals surface area (Å²) in [6.07, 6.45) is 12.8. The van der Waals surface area contributed by atoms with Gasteiger partial charge in [-0.2, -0.15) is 0 Å². The molecular formula is C38H58N12O3. The van der Waals surface area contributed by atoms with E-state index < -0.39 is 0 Å². The molecule has 15 nitrogen and oxygen atoms in total. The zero-order valence-corrected chi connectivity index (χ0v) is 31.3. The number of piperazine rings is 3. The lowest BCUT2D eigenvalue weighted by Crippen LogP contribution is -2.63. The third-order valence-corrected chi connectivity index (χ3v) is 11.8. The van der Waals surface area contributed by atoms with Crippen LogP contribution in [-0.4, -0.2) is 166 Å². The Morgan fingerprint density at radius 3 is 1.32 bits per heavy atom. The number of likely N-dealkylation sites (N-methyl/N-ethyl adjacent to an activating group) is 1. The number of nitrogens with zero attached hydrogens (tertiary/aromatic N) is 9. The first-order valence-corrected chi connectivity index (χ1v) is 19.2. The van der Waals surface area contributed by atoms with E-state index in [0.29, 0.717) is 12.1 Å². The maximum atomic E-state index is 6.06. The Balaban J connectivity index is 0.000000123. The van der Waals surface area contributed by atoms with Crippen molar-refractivity contribution < 1.29 is 14.2 Å². The molecule has 0 amide bonds. The van der Waals surface area contributed by atoms with Crippen LogP contribution < -0.4 is 31.9 Å². The molecule has 0 bridgehead atoms. The molecular weight excluding hydrogens is 672 g/mol. The number of rotatable bonds is 5. The zero-order chi connectivity index (χ0) is 36.6. The number of anilines is 6. The predicted octanol–water partition coefficient (Wildman–Crippen LogP) is 1.33. The molecule has 3 aromatic rings. The van der Waals surface area contributed by atoms with Crippen LogP contribution in [0.2, 0.25) is 0 Å². The summed E-state index contributed by atoms with van der Waals surface area (Å²) >= 11 is 0. The largest absolute Gasteiger partial charge is 0.396 e. The van der Waals surface area contributed by atoms with Gasteiger partial charge >= 0.3 is 0 Å². The van der Waals surface area contributed by atoms with Gasteiger partial charge in [0.15, 0.2) is 0 Å². The first-order valence-electron chi connectivity index (χ1n) is 19.2. The highest BCUT2D eigenvalue weighted by Gasteiger charge is 2.41. The summed E-state index contributed by atoms with van der Waals surface area (Å²) in [5.41, 5.74) is 23.9. The summed E-state index contributed by atoms with van der Waals surface area (Å²) in [6.45, 7) is 17.0. The van der Waals surface area contributed by atoms with Gasteiger partial charge in [-0.1, -0.05) is 0 Å². The van der Waals surface area contributed by atoms with Crippen LogP contribution in [-0.2, 0) is 14.2 Å². The molecule has 288 valence electrons. The fourth-order valence-corrected chi connectivity index (χ4v) is 8.15. The molecule has 0 aliphatic carbocycles. The summed E-state index contributed by atoms with van der Waals surface area (Å²) < 4.78 is 16.0. The second-order valence-electron chi connectivity index (χ2n) is 14.9. The number of aromatic nitrogens is 3. The fraction of sp³-hybridized carbons (Fsp3) is 0.605. The second kappa shape index (κ2) is 17.4. The molecule has 3 aromatic heterocycles. The SMILES string of the molecule is CN1CCN(c2ccncc2N)CC12CCOCC2.Nc1cnccc1N1CCN(C2COC2)CC1.Nc1cnccc1N1CCN(C2COC2)CC1. The van der Waals surface area contributed by atoms with Crippen molar-refractivity contribution >= 4 is 34.1 Å². The summed E-state index contributed by atoms with van der Waals surface area (Å²) in [5.74, 6) is 0. The summed E-state index contributed by atoms with van der Waals surface area (Å²) in [7, 11) is 2.23. The van der Waals surface area contributed by atoms with Gasteiger partial charge in [0, 0.05) is 109 Å². The molecule has 0 aromatic carbocycles. The highest BCUT2D eigenvalue weighted by Crippen LogP contribution is 2.34. The molecule has 6 aliphatic heterocycles. The maximum Gasteiger partial charge on any atom is 0.0738 e. The van der Waals surface area contributed by atoms with Crippen molar-refractivity contribution in [3.8, 4) is 0 Å². The Hall–Kier alpha value is -3.99. The van der Waals surface area contributed by atoms with E-state index in [1.54, 1.807) is 31.0 Å². The average molecular weight is 731 g/mol. The average Bonchev–Trinajstić information content (AvgIpc) is 3.14. The van der Waals surface area contributed by atoms with E-state index in [4.69, 9.17) is 31.4 Å². The van der Waals surface area contributed by atoms with Crippen LogP contribution in [0.1, 0.15) is 12.8 Å². The third-order valence-electron chi connectivity index (χ3n) is 11.8. The first-order chi connectivity index (χ1) is 25.9. The van der Waals surface area contributed by atoms with Gasteiger partial charge in [0.25, 0.3) is 0 Å². The van der Waals surface area contributed by atoms with Crippen molar-refractivity contribution in [2.24, 2.45) is 0 Å². The van der Waals surface area contributed by atoms with Gasteiger partial charge in [-0.05, 0) is 38.1 Å². The van der Waals surface area contributed by atoms with E-state index in [1.165, 1.54) is 0 Å². The number of ether oxygens (including phenoxy) is 3.